The molecule has 0 aliphatic carbocycles. The fourth-order valence-electron chi connectivity index (χ4n) is 1.47. The highest BCUT2D eigenvalue weighted by Crippen LogP contribution is 2.22. The van der Waals surface area contributed by atoms with Crippen LogP contribution >= 0.6 is 0 Å². The summed E-state index contributed by atoms with van der Waals surface area (Å²) in [5, 5.41) is 4.05. The Hall–Kier alpha value is -2.24. The Balaban J connectivity index is 2.53. The molecule has 0 aromatic carbocycles. The number of carbonyl (C=O) groups is 4. The van der Waals surface area contributed by atoms with Gasteiger partial charge >= 0.3 is 0 Å². The molecule has 15 heavy (non-hydrogen) atoms. The van der Waals surface area contributed by atoms with Crippen molar-refractivity contribution in [3.05, 3.63) is 22.8 Å². The maximum atomic E-state index is 11.3. The summed E-state index contributed by atoms with van der Waals surface area (Å²) in [5.41, 5.74) is 0.0697. The van der Waals surface area contributed by atoms with Crippen LogP contribution in [-0.2, 0) is 19.2 Å². The van der Waals surface area contributed by atoms with Crippen molar-refractivity contribution in [1.29, 1.82) is 0 Å². The van der Waals surface area contributed by atoms with E-state index < -0.39 is 23.6 Å². The first-order chi connectivity index (χ1) is 7.00. The van der Waals surface area contributed by atoms with E-state index in [1.54, 1.807) is 0 Å². The van der Waals surface area contributed by atoms with Crippen LogP contribution in [0, 0.1) is 0 Å². The molecule has 6 nitrogen and oxygen atoms in total. The maximum absolute atomic E-state index is 11.3. The van der Waals surface area contributed by atoms with Gasteiger partial charge in [-0.1, -0.05) is 0 Å². The third-order valence-corrected chi connectivity index (χ3v) is 2.20. The smallest absolute Gasteiger partial charge is 0.259 e. The Kier molecular flexibility index (Phi) is 1.79. The molecule has 2 heterocycles. The molecule has 0 saturated carbocycles. The van der Waals surface area contributed by atoms with Gasteiger partial charge < -0.3 is 0 Å². The van der Waals surface area contributed by atoms with Crippen LogP contribution in [0.25, 0.3) is 0 Å². The Labute approximate surface area is 84.0 Å². The minimum atomic E-state index is -0.654. The van der Waals surface area contributed by atoms with Crippen molar-refractivity contribution < 1.29 is 19.2 Å². The molecule has 2 rings (SSSR count). The summed E-state index contributed by atoms with van der Waals surface area (Å²) in [5.74, 6) is -2.42. The molecule has 0 atom stereocenters. The van der Waals surface area contributed by atoms with E-state index >= 15 is 0 Å². The van der Waals surface area contributed by atoms with Gasteiger partial charge in [0.25, 0.3) is 23.6 Å². The second-order valence-corrected chi connectivity index (χ2v) is 3.16. The van der Waals surface area contributed by atoms with Gasteiger partial charge in [0.15, 0.2) is 0 Å². The van der Waals surface area contributed by atoms with Gasteiger partial charge in [-0.3, -0.25) is 29.8 Å². The average Bonchev–Trinajstić information content (AvgIpc) is 2.56. The molecule has 2 aliphatic rings. The normalized spacial score (nSPS) is 20.7. The van der Waals surface area contributed by atoms with E-state index in [0.29, 0.717) is 0 Å². The second-order valence-electron chi connectivity index (χ2n) is 3.16. The van der Waals surface area contributed by atoms with Crippen molar-refractivity contribution in [3.8, 4) is 0 Å². The number of nitrogens with one attached hydrogen (secondary N) is 2. The predicted octanol–water partition coefficient (Wildman–Crippen LogP) is -1.46. The molecule has 0 aromatic heterocycles. The van der Waals surface area contributed by atoms with Crippen LogP contribution in [-0.4, -0.2) is 23.6 Å². The molecule has 0 bridgehead atoms. The first-order valence-electron chi connectivity index (χ1n) is 4.14. The fourth-order valence-corrected chi connectivity index (χ4v) is 1.47. The Morgan fingerprint density at radius 1 is 0.933 bits per heavy atom. The topological polar surface area (TPSA) is 92.3 Å². The zero-order valence-electron chi connectivity index (χ0n) is 7.71. The Morgan fingerprint density at radius 2 is 1.60 bits per heavy atom. The number of hydrogen-bond acceptors (Lipinski definition) is 4. The number of hydrogen-bond donors (Lipinski definition) is 2. The Bertz CT molecular complexity index is 484. The summed E-state index contributed by atoms with van der Waals surface area (Å²) in [4.78, 5) is 44.5. The minimum Gasteiger partial charge on any atom is -0.289 e. The number of carbonyl (C=O) groups excluding carboxylic acids is 4. The van der Waals surface area contributed by atoms with E-state index in [9.17, 15) is 19.2 Å². The SMILES string of the molecule is CC1=C(C2=CC(=O)NC2=O)C(=O)NC1=O. The van der Waals surface area contributed by atoms with Gasteiger partial charge in [0.1, 0.15) is 0 Å². The largest absolute Gasteiger partial charge is 0.289 e. The summed E-state index contributed by atoms with van der Waals surface area (Å²) >= 11 is 0. The third-order valence-electron chi connectivity index (χ3n) is 2.20. The van der Waals surface area contributed by atoms with Gasteiger partial charge in [0.2, 0.25) is 0 Å². The van der Waals surface area contributed by atoms with Crippen molar-refractivity contribution >= 4 is 23.6 Å². The van der Waals surface area contributed by atoms with Crippen molar-refractivity contribution in [2.75, 3.05) is 0 Å². The molecule has 6 heteroatoms. The standard InChI is InChI=1S/C9H6N2O4/c1-3-6(9(15)11-7(3)13)4-2-5(12)10-8(4)14/h2H,1H3,(H,10,12,14)(H,11,13,15). The molecule has 0 fully saturated rings. The molecule has 0 aromatic rings. The second kappa shape index (κ2) is 2.88. The summed E-state index contributed by atoms with van der Waals surface area (Å²) < 4.78 is 0. The van der Waals surface area contributed by atoms with Gasteiger partial charge in [-0.25, -0.2) is 0 Å². The van der Waals surface area contributed by atoms with Crippen molar-refractivity contribution in [1.82, 2.24) is 10.6 Å². The van der Waals surface area contributed by atoms with Gasteiger partial charge in [0.05, 0.1) is 11.1 Å². The summed E-state index contributed by atoms with van der Waals surface area (Å²) in [6.07, 6.45) is 1.01. The van der Waals surface area contributed by atoms with E-state index in [-0.39, 0.29) is 16.7 Å². The van der Waals surface area contributed by atoms with Crippen LogP contribution < -0.4 is 10.6 Å². The molecule has 4 amide bonds. The first-order valence-corrected chi connectivity index (χ1v) is 4.14. The molecule has 2 N–H and O–H groups in total. The molecule has 0 unspecified atom stereocenters. The number of imide groups is 2. The van der Waals surface area contributed by atoms with Gasteiger partial charge in [-0.2, -0.15) is 0 Å². The molecular formula is C9H6N2O4. The maximum Gasteiger partial charge on any atom is 0.259 e. The summed E-state index contributed by atoms with van der Waals surface area (Å²) in [6.45, 7) is 1.42. The number of amides is 4. The zero-order chi connectivity index (χ0) is 11.2. The first kappa shape index (κ1) is 9.32. The molecule has 0 radical (unpaired) electrons. The predicted molar refractivity (Wildman–Crippen MR) is 47.1 cm³/mol. The van der Waals surface area contributed by atoms with Gasteiger partial charge in [0, 0.05) is 11.6 Å². The molecule has 2 aliphatic heterocycles. The van der Waals surface area contributed by atoms with E-state index in [1.807, 2.05) is 10.6 Å². The monoisotopic (exact) mass is 206 g/mol. The number of rotatable bonds is 1. The lowest BCUT2D eigenvalue weighted by Crippen LogP contribution is -2.26. The van der Waals surface area contributed by atoms with Crippen LogP contribution in [0.15, 0.2) is 22.8 Å². The van der Waals surface area contributed by atoms with E-state index in [4.69, 9.17) is 0 Å². The van der Waals surface area contributed by atoms with Crippen LogP contribution in [0.3, 0.4) is 0 Å². The lowest BCUT2D eigenvalue weighted by molar-refractivity contribution is -0.126. The van der Waals surface area contributed by atoms with Crippen LogP contribution in [0.1, 0.15) is 6.92 Å². The van der Waals surface area contributed by atoms with Crippen molar-refractivity contribution in [3.63, 3.8) is 0 Å². The minimum absolute atomic E-state index is 0.0247. The Morgan fingerprint density at radius 3 is 2.00 bits per heavy atom. The van der Waals surface area contributed by atoms with Gasteiger partial charge in [-0.15, -0.1) is 0 Å². The lowest BCUT2D eigenvalue weighted by Gasteiger charge is -1.98. The van der Waals surface area contributed by atoms with Crippen LogP contribution in [0.5, 0.6) is 0 Å². The molecular weight excluding hydrogens is 200 g/mol. The van der Waals surface area contributed by atoms with E-state index in [2.05, 4.69) is 0 Å². The molecule has 0 saturated heterocycles. The van der Waals surface area contributed by atoms with Crippen LogP contribution in [0.4, 0.5) is 0 Å². The summed E-state index contributed by atoms with van der Waals surface area (Å²) in [7, 11) is 0. The quantitative estimate of drug-likeness (QED) is 0.513. The van der Waals surface area contributed by atoms with E-state index in [0.717, 1.165) is 6.08 Å². The lowest BCUT2D eigenvalue weighted by atomic mass is 10.0. The molecule has 0 spiro atoms. The van der Waals surface area contributed by atoms with Crippen molar-refractivity contribution in [2.45, 2.75) is 6.92 Å². The van der Waals surface area contributed by atoms with Crippen LogP contribution in [0.2, 0.25) is 0 Å². The average molecular weight is 206 g/mol. The summed E-state index contributed by atoms with van der Waals surface area (Å²) in [6, 6.07) is 0. The zero-order valence-corrected chi connectivity index (χ0v) is 7.71. The molecule has 76 valence electrons. The van der Waals surface area contributed by atoms with E-state index in [1.165, 1.54) is 6.92 Å². The van der Waals surface area contributed by atoms with Gasteiger partial charge in [-0.05, 0) is 6.92 Å². The van der Waals surface area contributed by atoms with Crippen molar-refractivity contribution in [2.24, 2.45) is 0 Å². The highest BCUT2D eigenvalue weighted by molar-refractivity contribution is 6.29. The fraction of sp³-hybridized carbons (Fsp3) is 0.111. The highest BCUT2D eigenvalue weighted by Gasteiger charge is 2.35. The third kappa shape index (κ3) is 1.26. The highest BCUT2D eigenvalue weighted by atomic mass is 16.2.